The smallest absolute Gasteiger partial charge is 0.352 e. The molecule has 0 N–H and O–H groups in total. The van der Waals surface area contributed by atoms with Crippen molar-refractivity contribution in [3.8, 4) is 0 Å². The molecule has 2 rings (SSSR count). The molecule has 0 radical (unpaired) electrons. The number of hydrogen-bond donors (Lipinski definition) is 0. The van der Waals surface area contributed by atoms with Gasteiger partial charge in [-0.2, -0.15) is 13.2 Å². The van der Waals surface area contributed by atoms with Crippen LogP contribution in [0.25, 0.3) is 0 Å². The van der Waals surface area contributed by atoms with Crippen LogP contribution in [0.3, 0.4) is 0 Å². The summed E-state index contributed by atoms with van der Waals surface area (Å²) in [4.78, 5) is 0. The van der Waals surface area contributed by atoms with Gasteiger partial charge >= 0.3 is 6.18 Å². The molecule has 6 heteroatoms. The molecule has 1 aliphatic carbocycles. The van der Waals surface area contributed by atoms with E-state index in [1.54, 1.807) is 0 Å². The molecule has 2 fully saturated rings. The minimum absolute atomic E-state index is 0.155. The summed E-state index contributed by atoms with van der Waals surface area (Å²) in [6.07, 6.45) is 1.62. The van der Waals surface area contributed by atoms with Crippen LogP contribution in [-0.4, -0.2) is 25.7 Å². The third kappa shape index (κ3) is 6.71. The molecule has 0 spiro atoms. The molecule has 2 nitrogen and oxygen atoms in total. The third-order valence-electron chi connectivity index (χ3n) is 5.08. The highest BCUT2D eigenvalue weighted by Gasteiger charge is 2.31. The Hall–Kier alpha value is -0.620. The molecule has 1 saturated heterocycles. The van der Waals surface area contributed by atoms with E-state index >= 15 is 0 Å². The van der Waals surface area contributed by atoms with Crippen molar-refractivity contribution in [2.24, 2.45) is 17.8 Å². The summed E-state index contributed by atoms with van der Waals surface area (Å²) in [6, 6.07) is 0. The normalized spacial score (nSPS) is 32.8. The molecule has 1 saturated carbocycles. The second kappa shape index (κ2) is 9.18. The first kappa shape index (κ1) is 19.7. The Labute approximate surface area is 141 Å². The van der Waals surface area contributed by atoms with E-state index in [9.17, 15) is 17.6 Å². The molecule has 24 heavy (non-hydrogen) atoms. The second-order valence-corrected chi connectivity index (χ2v) is 7.12. The molecule has 0 unspecified atom stereocenters. The van der Waals surface area contributed by atoms with Crippen molar-refractivity contribution in [1.29, 1.82) is 0 Å². The highest BCUT2D eigenvalue weighted by atomic mass is 19.4. The molecule has 0 aromatic carbocycles. The Bertz CT molecular complexity index is 392. The van der Waals surface area contributed by atoms with Gasteiger partial charge in [0.1, 0.15) is 5.83 Å². The molecular weight excluding hydrogens is 324 g/mol. The largest absolute Gasteiger partial charge is 0.412 e. The first-order valence-electron chi connectivity index (χ1n) is 9.05. The van der Waals surface area contributed by atoms with Crippen molar-refractivity contribution in [3.05, 3.63) is 11.9 Å². The Morgan fingerprint density at radius 2 is 1.58 bits per heavy atom. The lowest BCUT2D eigenvalue weighted by atomic mass is 9.79. The number of alkyl halides is 3. The lowest BCUT2D eigenvalue weighted by Crippen LogP contribution is -2.32. The number of hydrogen-bond acceptors (Lipinski definition) is 2. The maximum atomic E-state index is 13.6. The van der Waals surface area contributed by atoms with Crippen LogP contribution in [0.15, 0.2) is 11.9 Å². The average molecular weight is 352 g/mol. The van der Waals surface area contributed by atoms with Crippen LogP contribution in [-0.2, 0) is 9.47 Å². The lowest BCUT2D eigenvalue weighted by Gasteiger charge is -2.32. The summed E-state index contributed by atoms with van der Waals surface area (Å²) in [5.74, 6) is -0.660. The summed E-state index contributed by atoms with van der Waals surface area (Å²) >= 11 is 0. The number of allylic oxidation sites excluding steroid dienone is 2. The van der Waals surface area contributed by atoms with E-state index in [0.717, 1.165) is 51.7 Å². The van der Waals surface area contributed by atoms with E-state index in [4.69, 9.17) is 9.47 Å². The van der Waals surface area contributed by atoms with E-state index < -0.39 is 17.9 Å². The molecule has 1 aliphatic heterocycles. The summed E-state index contributed by atoms with van der Waals surface area (Å²) < 4.78 is 61.6. The minimum Gasteiger partial charge on any atom is -0.352 e. The van der Waals surface area contributed by atoms with Gasteiger partial charge in [-0.15, -0.1) is 0 Å². The molecule has 1 heterocycles. The van der Waals surface area contributed by atoms with Crippen molar-refractivity contribution in [2.45, 2.75) is 70.8 Å². The molecular formula is C18H28F4O2. The van der Waals surface area contributed by atoms with Crippen LogP contribution in [0, 0.1) is 17.8 Å². The van der Waals surface area contributed by atoms with E-state index in [-0.39, 0.29) is 12.4 Å². The van der Waals surface area contributed by atoms with Gasteiger partial charge in [0.25, 0.3) is 0 Å². The fourth-order valence-corrected chi connectivity index (χ4v) is 3.70. The van der Waals surface area contributed by atoms with Crippen LogP contribution >= 0.6 is 0 Å². The van der Waals surface area contributed by atoms with Crippen molar-refractivity contribution in [1.82, 2.24) is 0 Å². The summed E-state index contributed by atoms with van der Waals surface area (Å²) in [5, 5.41) is 0. The SMILES string of the molecule is CCCC1COC(CCC2CCC(/C(F)=C/C(F)(F)F)CC2)OC1. The van der Waals surface area contributed by atoms with Crippen molar-refractivity contribution >= 4 is 0 Å². The summed E-state index contributed by atoms with van der Waals surface area (Å²) in [7, 11) is 0. The van der Waals surface area contributed by atoms with Crippen LogP contribution in [0.1, 0.15) is 58.3 Å². The van der Waals surface area contributed by atoms with Crippen LogP contribution in [0.5, 0.6) is 0 Å². The topological polar surface area (TPSA) is 18.5 Å². The van der Waals surface area contributed by atoms with Gasteiger partial charge in [0, 0.05) is 11.8 Å². The maximum Gasteiger partial charge on any atom is 0.412 e. The van der Waals surface area contributed by atoms with Gasteiger partial charge < -0.3 is 9.47 Å². The second-order valence-electron chi connectivity index (χ2n) is 7.12. The Morgan fingerprint density at radius 3 is 2.12 bits per heavy atom. The van der Waals surface area contributed by atoms with Gasteiger partial charge in [-0.05, 0) is 50.9 Å². The van der Waals surface area contributed by atoms with E-state index in [1.165, 1.54) is 0 Å². The molecule has 0 amide bonds. The predicted molar refractivity (Wildman–Crippen MR) is 84.0 cm³/mol. The molecule has 0 bridgehead atoms. The first-order chi connectivity index (χ1) is 11.4. The van der Waals surface area contributed by atoms with Gasteiger partial charge in [0.05, 0.1) is 19.3 Å². The quantitative estimate of drug-likeness (QED) is 0.564. The van der Waals surface area contributed by atoms with Crippen LogP contribution in [0.2, 0.25) is 0 Å². The fraction of sp³-hybridized carbons (Fsp3) is 0.889. The third-order valence-corrected chi connectivity index (χ3v) is 5.08. The Balaban J connectivity index is 1.64. The highest BCUT2D eigenvalue weighted by molar-refractivity contribution is 5.02. The summed E-state index contributed by atoms with van der Waals surface area (Å²) in [6.45, 7) is 3.65. The van der Waals surface area contributed by atoms with Crippen molar-refractivity contribution in [2.75, 3.05) is 13.2 Å². The average Bonchev–Trinajstić information content (AvgIpc) is 2.53. The van der Waals surface area contributed by atoms with Gasteiger partial charge in [0.15, 0.2) is 6.29 Å². The zero-order valence-electron chi connectivity index (χ0n) is 14.3. The number of halogens is 4. The van der Waals surface area contributed by atoms with Gasteiger partial charge in [-0.25, -0.2) is 4.39 Å². The van der Waals surface area contributed by atoms with Crippen LogP contribution < -0.4 is 0 Å². The minimum atomic E-state index is -4.56. The molecule has 0 aromatic heterocycles. The maximum absolute atomic E-state index is 13.6. The lowest BCUT2D eigenvalue weighted by molar-refractivity contribution is -0.205. The van der Waals surface area contributed by atoms with E-state index in [0.29, 0.717) is 24.7 Å². The molecule has 2 aliphatic rings. The van der Waals surface area contributed by atoms with Crippen LogP contribution in [0.4, 0.5) is 17.6 Å². The Morgan fingerprint density at radius 1 is 0.958 bits per heavy atom. The number of rotatable bonds is 6. The molecule has 140 valence electrons. The standard InChI is InChI=1S/C18H28F4O2/c1-2-3-14-11-23-17(24-12-14)9-6-13-4-7-15(8-5-13)16(19)10-18(20,21)22/h10,13-15,17H,2-9,11-12H2,1H3/b16-10-. The van der Waals surface area contributed by atoms with Gasteiger partial charge in [0.2, 0.25) is 0 Å². The predicted octanol–water partition coefficient (Wildman–Crippen LogP) is 5.78. The number of ether oxygens (including phenoxy) is 2. The van der Waals surface area contributed by atoms with Gasteiger partial charge in [-0.3, -0.25) is 0 Å². The Kier molecular flexibility index (Phi) is 7.54. The first-order valence-corrected chi connectivity index (χ1v) is 9.05. The fourth-order valence-electron chi connectivity index (χ4n) is 3.70. The zero-order valence-corrected chi connectivity index (χ0v) is 14.3. The molecule has 0 aromatic rings. The molecule has 0 atom stereocenters. The van der Waals surface area contributed by atoms with Crippen molar-refractivity contribution < 1.29 is 27.0 Å². The highest BCUT2D eigenvalue weighted by Crippen LogP contribution is 2.37. The summed E-state index contributed by atoms with van der Waals surface area (Å²) in [5.41, 5.74) is 0. The van der Waals surface area contributed by atoms with E-state index in [1.807, 2.05) is 0 Å². The van der Waals surface area contributed by atoms with Crippen molar-refractivity contribution in [3.63, 3.8) is 0 Å². The van der Waals surface area contributed by atoms with Gasteiger partial charge in [-0.1, -0.05) is 13.3 Å². The zero-order chi connectivity index (χ0) is 17.6. The van der Waals surface area contributed by atoms with E-state index in [2.05, 4.69) is 6.92 Å². The monoisotopic (exact) mass is 352 g/mol.